The van der Waals surface area contributed by atoms with Gasteiger partial charge in [0.25, 0.3) is 0 Å². The molecule has 5 rings (SSSR count). The van der Waals surface area contributed by atoms with Crippen molar-refractivity contribution in [3.05, 3.63) is 46.3 Å². The Bertz CT molecular complexity index is 1130. The van der Waals surface area contributed by atoms with Gasteiger partial charge < -0.3 is 10.5 Å². The van der Waals surface area contributed by atoms with Crippen molar-refractivity contribution in [2.24, 2.45) is 5.73 Å². The summed E-state index contributed by atoms with van der Waals surface area (Å²) in [6.07, 6.45) is 0. The Morgan fingerprint density at radius 2 is 2.03 bits per heavy atom. The number of hydrogen-bond acceptors (Lipinski definition) is 6. The topological polar surface area (TPSA) is 105 Å². The van der Waals surface area contributed by atoms with Crippen molar-refractivity contribution in [3.8, 4) is 21.8 Å². The average Bonchev–Trinajstić information content (AvgIpc) is 3.40. The molecule has 0 bridgehead atoms. The molecule has 0 unspecified atom stereocenters. The summed E-state index contributed by atoms with van der Waals surface area (Å²) in [4.78, 5) is 28.0. The summed E-state index contributed by atoms with van der Waals surface area (Å²) >= 11 is 1.60. The van der Waals surface area contributed by atoms with Gasteiger partial charge in [0.1, 0.15) is 5.69 Å². The van der Waals surface area contributed by atoms with E-state index < -0.39 is 6.03 Å². The van der Waals surface area contributed by atoms with E-state index in [1.807, 2.05) is 36.2 Å². The third kappa shape index (κ3) is 2.78. The fourth-order valence-electron chi connectivity index (χ4n) is 3.95. The van der Waals surface area contributed by atoms with Gasteiger partial charge in [0, 0.05) is 23.5 Å². The Morgan fingerprint density at radius 3 is 2.72 bits per heavy atom. The minimum Gasteiger partial charge on any atom is -0.379 e. The number of hydrazine groups is 1. The zero-order chi connectivity index (χ0) is 20.1. The number of morpholine rings is 1. The molecule has 2 aromatic heterocycles. The summed E-state index contributed by atoms with van der Waals surface area (Å²) in [5.41, 5.74) is 9.22. The van der Waals surface area contributed by atoms with Crippen LogP contribution in [0.25, 0.3) is 21.8 Å². The van der Waals surface area contributed by atoms with Crippen molar-refractivity contribution in [3.63, 3.8) is 0 Å². The van der Waals surface area contributed by atoms with Crippen molar-refractivity contribution in [1.29, 1.82) is 0 Å². The van der Waals surface area contributed by atoms with Gasteiger partial charge in [-0.3, -0.25) is 9.89 Å². The minimum atomic E-state index is -0.631. The van der Waals surface area contributed by atoms with Gasteiger partial charge in [-0.1, -0.05) is 12.1 Å². The van der Waals surface area contributed by atoms with Crippen LogP contribution in [0.2, 0.25) is 0 Å². The van der Waals surface area contributed by atoms with Gasteiger partial charge in [-0.2, -0.15) is 5.10 Å². The van der Waals surface area contributed by atoms with Crippen molar-refractivity contribution >= 4 is 28.8 Å². The van der Waals surface area contributed by atoms with Crippen molar-refractivity contribution < 1.29 is 14.3 Å². The number of primary amides is 1. The van der Waals surface area contributed by atoms with E-state index in [-0.39, 0.29) is 5.78 Å². The van der Waals surface area contributed by atoms with Gasteiger partial charge in [0.05, 0.1) is 40.6 Å². The quantitative estimate of drug-likeness (QED) is 0.541. The number of nitrogens with one attached hydrogen (secondary N) is 1. The van der Waals surface area contributed by atoms with Crippen LogP contribution in [-0.4, -0.2) is 53.3 Å². The lowest BCUT2D eigenvalue weighted by Gasteiger charge is -2.36. The van der Waals surface area contributed by atoms with Crippen LogP contribution in [0.3, 0.4) is 0 Å². The lowest BCUT2D eigenvalue weighted by atomic mass is 10.1. The maximum Gasteiger partial charge on any atom is 0.334 e. The van der Waals surface area contributed by atoms with Crippen molar-refractivity contribution in [2.75, 3.05) is 31.3 Å². The molecule has 0 radical (unpaired) electrons. The molecule has 3 aromatic rings. The lowest BCUT2D eigenvalue weighted by molar-refractivity contribution is 0.0364. The fraction of sp³-hybridized carbons (Fsp3) is 0.250. The molecule has 9 heteroatoms. The van der Waals surface area contributed by atoms with Crippen LogP contribution in [0.1, 0.15) is 20.8 Å². The van der Waals surface area contributed by atoms with Crippen LogP contribution < -0.4 is 10.7 Å². The number of amides is 2. The largest absolute Gasteiger partial charge is 0.379 e. The zero-order valence-electron chi connectivity index (χ0n) is 15.8. The predicted molar refractivity (Wildman–Crippen MR) is 110 cm³/mol. The highest BCUT2D eigenvalue weighted by Crippen LogP contribution is 2.45. The number of hydrogen-bond donors (Lipinski definition) is 2. The van der Waals surface area contributed by atoms with Gasteiger partial charge >= 0.3 is 6.03 Å². The summed E-state index contributed by atoms with van der Waals surface area (Å²) in [6, 6.07) is 8.78. The van der Waals surface area contributed by atoms with Crippen LogP contribution >= 0.6 is 11.3 Å². The summed E-state index contributed by atoms with van der Waals surface area (Å²) in [5, 5.41) is 10.7. The van der Waals surface area contributed by atoms with Gasteiger partial charge in [-0.05, 0) is 25.1 Å². The summed E-state index contributed by atoms with van der Waals surface area (Å²) < 4.78 is 5.38. The number of carbonyl (C=O) groups excluding carboxylic acids is 2. The molecule has 1 saturated heterocycles. The number of rotatable bonds is 3. The van der Waals surface area contributed by atoms with E-state index in [9.17, 15) is 9.59 Å². The second-order valence-electron chi connectivity index (χ2n) is 6.98. The molecule has 1 fully saturated rings. The molecule has 1 aromatic carbocycles. The number of aromatic nitrogens is 2. The molecule has 0 atom stereocenters. The van der Waals surface area contributed by atoms with E-state index in [1.54, 1.807) is 17.4 Å². The van der Waals surface area contributed by atoms with Crippen LogP contribution in [-0.2, 0) is 4.74 Å². The molecule has 29 heavy (non-hydrogen) atoms. The number of anilines is 1. The number of nitrogens with zero attached hydrogens (tertiary/aromatic N) is 3. The molecule has 3 N–H and O–H groups in total. The molecule has 2 aliphatic rings. The molecular weight excluding hydrogens is 390 g/mol. The van der Waals surface area contributed by atoms with E-state index in [0.717, 1.165) is 9.75 Å². The van der Waals surface area contributed by atoms with Gasteiger partial charge in [0.2, 0.25) is 0 Å². The van der Waals surface area contributed by atoms with E-state index in [1.165, 1.54) is 5.01 Å². The Morgan fingerprint density at radius 1 is 1.24 bits per heavy atom. The number of aromatic amines is 1. The number of urea groups is 1. The molecule has 3 heterocycles. The monoisotopic (exact) mass is 409 g/mol. The normalized spacial score (nSPS) is 16.0. The SMILES string of the molecule is Cc1ccc(-c2[nH]nc3c2C(=O)c2c-3cccc2N(C(N)=O)N2CCOCC2)s1. The van der Waals surface area contributed by atoms with Crippen LogP contribution in [0.4, 0.5) is 10.5 Å². The second-order valence-corrected chi connectivity index (χ2v) is 8.27. The van der Waals surface area contributed by atoms with E-state index >= 15 is 0 Å². The summed E-state index contributed by atoms with van der Waals surface area (Å²) in [5.74, 6) is -0.153. The third-order valence-corrected chi connectivity index (χ3v) is 6.23. The number of ketones is 1. The van der Waals surface area contributed by atoms with E-state index in [2.05, 4.69) is 10.2 Å². The molecule has 0 saturated carbocycles. The second kappa shape index (κ2) is 6.80. The molecule has 1 aliphatic carbocycles. The Kier molecular flexibility index (Phi) is 4.23. The number of thiophene rings is 1. The predicted octanol–water partition coefficient (Wildman–Crippen LogP) is 2.79. The number of H-pyrrole nitrogens is 1. The third-order valence-electron chi connectivity index (χ3n) is 5.21. The number of carbonyl (C=O) groups is 2. The van der Waals surface area contributed by atoms with Gasteiger partial charge in [-0.25, -0.2) is 14.8 Å². The number of aryl methyl sites for hydroxylation is 1. The first kappa shape index (κ1) is 18.0. The molecule has 2 amide bonds. The minimum absolute atomic E-state index is 0.153. The Hall–Kier alpha value is -3.01. The van der Waals surface area contributed by atoms with Gasteiger partial charge in [-0.15, -0.1) is 11.3 Å². The van der Waals surface area contributed by atoms with E-state index in [0.29, 0.717) is 60.1 Å². The maximum absolute atomic E-state index is 13.5. The molecular formula is C20H19N5O3S. The number of ether oxygens (including phenoxy) is 1. The summed E-state index contributed by atoms with van der Waals surface area (Å²) in [7, 11) is 0. The molecule has 8 nitrogen and oxygen atoms in total. The van der Waals surface area contributed by atoms with E-state index in [4.69, 9.17) is 10.5 Å². The van der Waals surface area contributed by atoms with Crippen LogP contribution in [0.5, 0.6) is 0 Å². The standard InChI is InChI=1S/C20H19N5O3S/c1-11-5-6-14(29-11)18-16-17(22-23-18)12-3-2-4-13(15(12)19(16)26)25(20(21)27)24-7-9-28-10-8-24/h2-6H,7-10H2,1H3,(H2,21,27)(H,22,23). The highest BCUT2D eigenvalue weighted by atomic mass is 32.1. The van der Waals surface area contributed by atoms with Crippen LogP contribution in [0.15, 0.2) is 30.3 Å². The number of benzene rings is 1. The molecule has 1 aliphatic heterocycles. The summed E-state index contributed by atoms with van der Waals surface area (Å²) in [6.45, 7) is 4.05. The van der Waals surface area contributed by atoms with Gasteiger partial charge in [0.15, 0.2) is 5.78 Å². The first-order chi connectivity index (χ1) is 14.1. The average molecular weight is 409 g/mol. The lowest BCUT2D eigenvalue weighted by Crippen LogP contribution is -2.54. The highest BCUT2D eigenvalue weighted by Gasteiger charge is 2.38. The van der Waals surface area contributed by atoms with Crippen molar-refractivity contribution in [1.82, 2.24) is 15.2 Å². The number of nitrogens with two attached hydrogens (primary N) is 1. The molecule has 0 spiro atoms. The Balaban J connectivity index is 1.63. The Labute approximate surface area is 170 Å². The highest BCUT2D eigenvalue weighted by molar-refractivity contribution is 7.15. The number of fused-ring (bicyclic) bond motifs is 3. The van der Waals surface area contributed by atoms with Crippen LogP contribution in [0, 0.1) is 6.92 Å². The smallest absolute Gasteiger partial charge is 0.334 e. The first-order valence-electron chi connectivity index (χ1n) is 9.31. The fourth-order valence-corrected chi connectivity index (χ4v) is 4.82. The van der Waals surface area contributed by atoms with Crippen molar-refractivity contribution in [2.45, 2.75) is 6.92 Å². The maximum atomic E-state index is 13.5. The molecule has 148 valence electrons. The first-order valence-corrected chi connectivity index (χ1v) is 10.1. The zero-order valence-corrected chi connectivity index (χ0v) is 16.6.